The fourth-order valence-corrected chi connectivity index (χ4v) is 6.81. The molecule has 0 aliphatic carbocycles. The van der Waals surface area contributed by atoms with Gasteiger partial charge in [0.25, 0.3) is 0 Å². The number of nitrogens with zero attached hydrogens (tertiary/aromatic N) is 4. The lowest BCUT2D eigenvalue weighted by molar-refractivity contribution is -0.130. The first-order valence-electron chi connectivity index (χ1n) is 12.8. The minimum Gasteiger partial charge on any atom is -0.447 e. The number of rotatable bonds is 10. The summed E-state index contributed by atoms with van der Waals surface area (Å²) in [5.41, 5.74) is 10.2. The predicted molar refractivity (Wildman–Crippen MR) is 148 cm³/mol. The third-order valence-corrected chi connectivity index (χ3v) is 8.05. The summed E-state index contributed by atoms with van der Waals surface area (Å²) in [6.45, 7) is 11.0. The van der Waals surface area contributed by atoms with Gasteiger partial charge in [-0.2, -0.15) is 0 Å². The van der Waals surface area contributed by atoms with E-state index in [0.29, 0.717) is 12.0 Å². The minimum atomic E-state index is -3.49. The van der Waals surface area contributed by atoms with Gasteiger partial charge in [0.05, 0.1) is 23.4 Å². The van der Waals surface area contributed by atoms with Crippen molar-refractivity contribution in [3.8, 4) is 0 Å². The van der Waals surface area contributed by atoms with Gasteiger partial charge in [-0.25, -0.2) is 9.69 Å². The van der Waals surface area contributed by atoms with Crippen LogP contribution in [0, 0.1) is 0 Å². The maximum Gasteiger partial charge on any atom is 0.416 e. The molecule has 1 heterocycles. The van der Waals surface area contributed by atoms with Crippen molar-refractivity contribution in [2.75, 3.05) is 6.61 Å². The van der Waals surface area contributed by atoms with Crippen molar-refractivity contribution in [3.63, 3.8) is 0 Å². The van der Waals surface area contributed by atoms with E-state index in [1.54, 1.807) is 24.3 Å². The van der Waals surface area contributed by atoms with Crippen LogP contribution in [0.4, 0.5) is 4.79 Å². The smallest absolute Gasteiger partial charge is 0.416 e. The average molecular weight is 557 g/mol. The molecule has 0 saturated carbocycles. The fourth-order valence-electron chi connectivity index (χ4n) is 4.31. The molecule has 1 saturated heterocycles. The van der Waals surface area contributed by atoms with Crippen LogP contribution in [0.15, 0.2) is 59.7 Å². The lowest BCUT2D eigenvalue weighted by Gasteiger charge is -2.32. The van der Waals surface area contributed by atoms with Gasteiger partial charge in [0.15, 0.2) is 0 Å². The molecule has 10 nitrogen and oxygen atoms in total. The molecule has 11 heteroatoms. The molecule has 0 aromatic heterocycles. The number of amides is 2. The zero-order valence-corrected chi connectivity index (χ0v) is 24.3. The molecule has 210 valence electrons. The maximum absolute atomic E-state index is 13.6. The van der Waals surface area contributed by atoms with Gasteiger partial charge in [0, 0.05) is 4.91 Å². The van der Waals surface area contributed by atoms with E-state index in [2.05, 4.69) is 10.0 Å². The Morgan fingerprint density at radius 3 is 2.13 bits per heavy atom. The van der Waals surface area contributed by atoms with Crippen LogP contribution in [0.2, 0.25) is 0 Å². The molecule has 2 atom stereocenters. The fraction of sp³-hybridized carbons (Fsp3) is 0.500. The van der Waals surface area contributed by atoms with Gasteiger partial charge in [0.2, 0.25) is 5.91 Å². The molecule has 0 radical (unpaired) electrons. The molecule has 0 spiro atoms. The summed E-state index contributed by atoms with van der Waals surface area (Å²) in [5, 5.41) is 3.70. The Bertz CT molecular complexity index is 1230. The molecule has 0 unspecified atom stereocenters. The standard InChI is InChI=1S/C28H37N4O6P/c1-27(2,3)37-39(35,38-28(4,5)6)19-22-14-12-21(13-15-22)17-24(30-31-29)25(33)32-23(18-36-26(32)34)16-20-10-8-7-9-11-20/h7-15,23-24H,16-19H2,1-6H3/t23-,24-/m0/s1. The molecule has 1 fully saturated rings. The number of hydrogen-bond donors (Lipinski definition) is 0. The highest BCUT2D eigenvalue weighted by Gasteiger charge is 2.41. The van der Waals surface area contributed by atoms with Crippen molar-refractivity contribution in [3.05, 3.63) is 81.7 Å². The summed E-state index contributed by atoms with van der Waals surface area (Å²) < 4.78 is 30.5. The number of cyclic esters (lactones) is 1. The number of carbonyl (C=O) groups is 2. The largest absolute Gasteiger partial charge is 0.447 e. The number of ether oxygens (including phenoxy) is 1. The van der Waals surface area contributed by atoms with Crippen LogP contribution in [0.1, 0.15) is 58.2 Å². The summed E-state index contributed by atoms with van der Waals surface area (Å²) >= 11 is 0. The van der Waals surface area contributed by atoms with Crippen molar-refractivity contribution in [2.24, 2.45) is 5.11 Å². The van der Waals surface area contributed by atoms with Gasteiger partial charge in [-0.1, -0.05) is 59.7 Å². The Labute approximate surface area is 229 Å². The molecule has 2 aromatic rings. The van der Waals surface area contributed by atoms with E-state index < -0.39 is 42.9 Å². The van der Waals surface area contributed by atoms with Crippen molar-refractivity contribution < 1.29 is 27.9 Å². The first kappa shape index (κ1) is 30.4. The molecular weight excluding hydrogens is 519 g/mol. The molecule has 1 aliphatic heterocycles. The third-order valence-electron chi connectivity index (χ3n) is 5.64. The van der Waals surface area contributed by atoms with Crippen LogP contribution in [-0.2, 0) is 42.1 Å². The molecular formula is C28H37N4O6P. The second-order valence-corrected chi connectivity index (χ2v) is 13.4. The highest BCUT2D eigenvalue weighted by molar-refractivity contribution is 7.53. The Morgan fingerprint density at radius 1 is 1.03 bits per heavy atom. The van der Waals surface area contributed by atoms with Crippen LogP contribution in [0.5, 0.6) is 0 Å². The molecule has 0 N–H and O–H groups in total. The zero-order chi connectivity index (χ0) is 28.8. The number of benzene rings is 2. The Balaban J connectivity index is 1.75. The van der Waals surface area contributed by atoms with E-state index in [9.17, 15) is 14.2 Å². The van der Waals surface area contributed by atoms with Gasteiger partial charge >= 0.3 is 13.7 Å². The third kappa shape index (κ3) is 9.22. The first-order valence-corrected chi connectivity index (χ1v) is 14.6. The Morgan fingerprint density at radius 2 is 1.59 bits per heavy atom. The molecule has 2 amide bonds. The minimum absolute atomic E-state index is 0.0707. The monoisotopic (exact) mass is 556 g/mol. The van der Waals surface area contributed by atoms with Crippen LogP contribution < -0.4 is 0 Å². The van der Waals surface area contributed by atoms with E-state index in [1.807, 2.05) is 71.9 Å². The topological polar surface area (TPSA) is 131 Å². The highest BCUT2D eigenvalue weighted by Crippen LogP contribution is 2.56. The van der Waals surface area contributed by atoms with E-state index >= 15 is 0 Å². The van der Waals surface area contributed by atoms with Gasteiger partial charge in [-0.15, -0.1) is 0 Å². The summed E-state index contributed by atoms with van der Waals surface area (Å²) in [5.74, 6) is -0.609. The second kappa shape index (κ2) is 12.3. The summed E-state index contributed by atoms with van der Waals surface area (Å²) in [6, 6.07) is 14.9. The molecule has 39 heavy (non-hydrogen) atoms. The van der Waals surface area contributed by atoms with Crippen LogP contribution in [-0.4, -0.2) is 46.8 Å². The number of azide groups is 1. The van der Waals surface area contributed by atoms with Gasteiger partial charge in [0.1, 0.15) is 12.6 Å². The quantitative estimate of drug-likeness (QED) is 0.137. The lowest BCUT2D eigenvalue weighted by Crippen LogP contribution is -2.45. The lowest BCUT2D eigenvalue weighted by atomic mass is 10.0. The molecule has 2 aromatic carbocycles. The summed E-state index contributed by atoms with van der Waals surface area (Å²) in [4.78, 5) is 29.7. The van der Waals surface area contributed by atoms with Crippen molar-refractivity contribution in [1.29, 1.82) is 0 Å². The van der Waals surface area contributed by atoms with Crippen molar-refractivity contribution >= 4 is 19.6 Å². The van der Waals surface area contributed by atoms with Crippen molar-refractivity contribution in [2.45, 2.75) is 83.8 Å². The molecule has 1 aliphatic rings. The first-order chi connectivity index (χ1) is 18.2. The SMILES string of the molecule is CC(C)(C)OP(=O)(Cc1ccc(C[C@H](N=[N+]=[N-])C(=O)N2C(=O)OC[C@@H]2Cc2ccccc2)cc1)OC(C)(C)C. The van der Waals surface area contributed by atoms with E-state index in [4.69, 9.17) is 19.3 Å². The van der Waals surface area contributed by atoms with Gasteiger partial charge in [-0.3, -0.25) is 9.36 Å². The number of hydrogen-bond acceptors (Lipinski definition) is 7. The second-order valence-electron chi connectivity index (χ2n) is 11.5. The number of carbonyl (C=O) groups excluding carboxylic acids is 2. The maximum atomic E-state index is 13.6. The normalized spacial score (nSPS) is 16.9. The van der Waals surface area contributed by atoms with Crippen LogP contribution in [0.25, 0.3) is 10.4 Å². The summed E-state index contributed by atoms with van der Waals surface area (Å²) in [6.07, 6.45) is -0.160. The van der Waals surface area contributed by atoms with Gasteiger partial charge in [-0.05, 0) is 76.6 Å². The van der Waals surface area contributed by atoms with E-state index in [1.165, 1.54) is 0 Å². The predicted octanol–water partition coefficient (Wildman–Crippen LogP) is 6.82. The number of imide groups is 1. The highest BCUT2D eigenvalue weighted by atomic mass is 31.2. The molecule has 0 bridgehead atoms. The molecule has 3 rings (SSSR count). The van der Waals surface area contributed by atoms with Crippen molar-refractivity contribution in [1.82, 2.24) is 4.90 Å². The Kier molecular flexibility index (Phi) is 9.62. The zero-order valence-electron chi connectivity index (χ0n) is 23.4. The van der Waals surface area contributed by atoms with Gasteiger partial charge < -0.3 is 13.8 Å². The van der Waals surface area contributed by atoms with E-state index in [-0.39, 0.29) is 19.2 Å². The summed E-state index contributed by atoms with van der Waals surface area (Å²) in [7, 11) is -3.49. The van der Waals surface area contributed by atoms with E-state index in [0.717, 1.165) is 16.0 Å². The Hall–Kier alpha value is -3.16. The average Bonchev–Trinajstić information content (AvgIpc) is 3.17. The van der Waals surface area contributed by atoms with Crippen LogP contribution >= 0.6 is 7.60 Å². The van der Waals surface area contributed by atoms with Crippen LogP contribution in [0.3, 0.4) is 0 Å².